The number of rotatable bonds is 0. The molecular weight excluding hydrogens is 472 g/mol. The molecule has 0 saturated carbocycles. The summed E-state index contributed by atoms with van der Waals surface area (Å²) in [5.41, 5.74) is 0. The predicted molar refractivity (Wildman–Crippen MR) is 121 cm³/mol. The fraction of sp³-hybridized carbons (Fsp3) is 0.846. The lowest BCUT2D eigenvalue weighted by molar-refractivity contribution is -0.220. The van der Waals surface area contributed by atoms with Gasteiger partial charge in [-0.05, 0) is 67.2 Å². The van der Waals surface area contributed by atoms with Crippen molar-refractivity contribution in [2.75, 3.05) is 0 Å². The van der Waals surface area contributed by atoms with Crippen LogP contribution in [-0.2, 0) is 47.4 Å². The molecule has 10 atom stereocenters. The second kappa shape index (κ2) is 8.11. The molecule has 0 bridgehead atoms. The first kappa shape index (κ1) is 25.0. The van der Waals surface area contributed by atoms with Gasteiger partial charge < -0.3 is 47.4 Å². The van der Waals surface area contributed by atoms with Crippen LogP contribution in [0.5, 0.6) is 0 Å². The van der Waals surface area contributed by atoms with Crippen LogP contribution in [0.4, 0.5) is 0 Å². The Morgan fingerprint density at radius 3 is 1.08 bits per heavy atom. The Hall–Kier alpha value is -1.28. The molecule has 6 aliphatic heterocycles. The van der Waals surface area contributed by atoms with Crippen LogP contribution < -0.4 is 0 Å². The SMILES string of the molecule is CC1(C)O[C@H]2[C@@H](O1)[C@@H](C#CC#C[C@H]1O[C@@H]3OC(C)(C)O[C@@H]3[C@H]3OC(C)(C)O[C@H]31)O[C@@H]1OC(C)(C)O[C@@H]12. The van der Waals surface area contributed by atoms with Gasteiger partial charge in [0.15, 0.2) is 47.9 Å². The molecule has 0 amide bonds. The molecule has 6 aliphatic rings. The van der Waals surface area contributed by atoms with Crippen LogP contribution in [0.1, 0.15) is 55.4 Å². The van der Waals surface area contributed by atoms with Crippen molar-refractivity contribution < 1.29 is 47.4 Å². The lowest BCUT2D eigenvalue weighted by Crippen LogP contribution is -2.54. The molecule has 0 radical (unpaired) electrons. The van der Waals surface area contributed by atoms with Gasteiger partial charge in [0.25, 0.3) is 0 Å². The van der Waals surface area contributed by atoms with E-state index in [9.17, 15) is 0 Å². The predicted octanol–water partition coefficient (Wildman–Crippen LogP) is 1.79. The van der Waals surface area contributed by atoms with E-state index in [2.05, 4.69) is 23.7 Å². The molecule has 6 fully saturated rings. The first-order valence-electron chi connectivity index (χ1n) is 12.5. The molecule has 0 aromatic heterocycles. The second-order valence-corrected chi connectivity index (χ2v) is 11.7. The highest BCUT2D eigenvalue weighted by atomic mass is 16.9. The number of ether oxygens (including phenoxy) is 10. The van der Waals surface area contributed by atoms with Gasteiger partial charge in [0, 0.05) is 0 Å². The lowest BCUT2D eigenvalue weighted by atomic mass is 9.99. The molecule has 36 heavy (non-hydrogen) atoms. The van der Waals surface area contributed by atoms with Crippen LogP contribution >= 0.6 is 0 Å². The zero-order chi connectivity index (χ0) is 25.7. The summed E-state index contributed by atoms with van der Waals surface area (Å²) in [7, 11) is 0. The maximum absolute atomic E-state index is 6.13. The monoisotopic (exact) mass is 506 g/mol. The fourth-order valence-corrected chi connectivity index (χ4v) is 5.67. The summed E-state index contributed by atoms with van der Waals surface area (Å²) in [6.07, 6.45) is -4.88. The number of hydrogen-bond acceptors (Lipinski definition) is 10. The fourth-order valence-electron chi connectivity index (χ4n) is 5.67. The molecule has 6 saturated heterocycles. The minimum absolute atomic E-state index is 0.374. The molecule has 0 unspecified atom stereocenters. The minimum Gasteiger partial charge on any atom is -0.341 e. The third-order valence-corrected chi connectivity index (χ3v) is 6.80. The average Bonchev–Trinajstić information content (AvgIpc) is 3.42. The molecule has 10 heteroatoms. The van der Waals surface area contributed by atoms with E-state index >= 15 is 0 Å². The van der Waals surface area contributed by atoms with Crippen LogP contribution in [0.3, 0.4) is 0 Å². The van der Waals surface area contributed by atoms with Gasteiger partial charge in [-0.3, -0.25) is 0 Å². The maximum Gasteiger partial charge on any atom is 0.191 e. The van der Waals surface area contributed by atoms with Crippen molar-refractivity contribution in [1.82, 2.24) is 0 Å². The Morgan fingerprint density at radius 2 is 0.694 bits per heavy atom. The Bertz CT molecular complexity index is 947. The zero-order valence-corrected chi connectivity index (χ0v) is 21.9. The summed E-state index contributed by atoms with van der Waals surface area (Å²) >= 11 is 0. The molecule has 6 rings (SSSR count). The van der Waals surface area contributed by atoms with Crippen LogP contribution in [0.15, 0.2) is 0 Å². The summed E-state index contributed by atoms with van der Waals surface area (Å²) in [4.78, 5) is 0. The summed E-state index contributed by atoms with van der Waals surface area (Å²) < 4.78 is 60.6. The Labute approximate surface area is 211 Å². The summed E-state index contributed by atoms with van der Waals surface area (Å²) in [5.74, 6) is 8.80. The van der Waals surface area contributed by atoms with Crippen molar-refractivity contribution in [1.29, 1.82) is 0 Å². The molecule has 0 spiro atoms. The molecule has 10 nitrogen and oxygen atoms in total. The molecular formula is C26H34O10. The third-order valence-electron chi connectivity index (χ3n) is 6.80. The Kier molecular flexibility index (Phi) is 5.64. The maximum atomic E-state index is 6.13. The Morgan fingerprint density at radius 1 is 0.389 bits per heavy atom. The van der Waals surface area contributed by atoms with Gasteiger partial charge in [0.1, 0.15) is 36.6 Å². The number of fused-ring (bicyclic) bond motifs is 6. The first-order chi connectivity index (χ1) is 16.7. The first-order valence-corrected chi connectivity index (χ1v) is 12.5. The van der Waals surface area contributed by atoms with E-state index in [1.54, 1.807) is 0 Å². The third kappa shape index (κ3) is 4.48. The lowest BCUT2D eigenvalue weighted by Gasteiger charge is -2.35. The van der Waals surface area contributed by atoms with E-state index in [-0.39, 0.29) is 12.2 Å². The van der Waals surface area contributed by atoms with E-state index in [0.717, 1.165) is 0 Å². The van der Waals surface area contributed by atoms with Crippen LogP contribution in [-0.4, -0.2) is 84.6 Å². The van der Waals surface area contributed by atoms with E-state index in [0.29, 0.717) is 0 Å². The van der Waals surface area contributed by atoms with Crippen molar-refractivity contribution in [3.8, 4) is 23.7 Å². The largest absolute Gasteiger partial charge is 0.341 e. The van der Waals surface area contributed by atoms with Crippen LogP contribution in [0.2, 0.25) is 0 Å². The van der Waals surface area contributed by atoms with E-state index in [1.807, 2.05) is 55.4 Å². The summed E-state index contributed by atoms with van der Waals surface area (Å²) in [5, 5.41) is 0. The van der Waals surface area contributed by atoms with Gasteiger partial charge in [-0.1, -0.05) is 11.8 Å². The molecule has 0 N–H and O–H groups in total. The highest BCUT2D eigenvalue weighted by molar-refractivity contribution is 5.31. The van der Waals surface area contributed by atoms with Gasteiger partial charge in [0.05, 0.1) is 0 Å². The van der Waals surface area contributed by atoms with E-state index < -0.39 is 72.4 Å². The van der Waals surface area contributed by atoms with Gasteiger partial charge >= 0.3 is 0 Å². The van der Waals surface area contributed by atoms with Crippen LogP contribution in [0.25, 0.3) is 0 Å². The molecule has 6 heterocycles. The Balaban J connectivity index is 1.21. The zero-order valence-electron chi connectivity index (χ0n) is 21.9. The van der Waals surface area contributed by atoms with Crippen molar-refractivity contribution in [2.45, 2.75) is 140 Å². The van der Waals surface area contributed by atoms with Crippen molar-refractivity contribution >= 4 is 0 Å². The molecule has 0 aromatic rings. The standard InChI is InChI=1S/C26H34O10/c1-23(2)29-15-13(27-21-19(17(15)31-23)33-25(5,6)35-21)11-9-10-12-14-16-18(32-24(3,4)30-16)20-22(28-14)36-26(7,8)34-20/h13-22H,1-8H3/t13-,14-,15+,16+,17+,18+,19-,20-,21-,22-/m1/s1. The van der Waals surface area contributed by atoms with Gasteiger partial charge in [-0.25, -0.2) is 0 Å². The number of hydrogen-bond donors (Lipinski definition) is 0. The van der Waals surface area contributed by atoms with Crippen LogP contribution in [0, 0.1) is 23.7 Å². The van der Waals surface area contributed by atoms with Crippen molar-refractivity contribution in [3.63, 3.8) is 0 Å². The topological polar surface area (TPSA) is 92.3 Å². The van der Waals surface area contributed by atoms with Gasteiger partial charge in [0.2, 0.25) is 0 Å². The molecule has 0 aromatic carbocycles. The quantitative estimate of drug-likeness (QED) is 0.453. The van der Waals surface area contributed by atoms with E-state index in [1.165, 1.54) is 0 Å². The van der Waals surface area contributed by atoms with Crippen molar-refractivity contribution in [3.05, 3.63) is 0 Å². The van der Waals surface area contributed by atoms with Gasteiger partial charge in [-0.15, -0.1) is 0 Å². The molecule has 0 aliphatic carbocycles. The summed E-state index contributed by atoms with van der Waals surface area (Å²) in [6.45, 7) is 14.8. The normalized spacial score (nSPS) is 48.4. The highest BCUT2D eigenvalue weighted by Gasteiger charge is 2.62. The summed E-state index contributed by atoms with van der Waals surface area (Å²) in [6, 6.07) is 0. The van der Waals surface area contributed by atoms with E-state index in [4.69, 9.17) is 47.4 Å². The second-order valence-electron chi connectivity index (χ2n) is 11.7. The highest BCUT2D eigenvalue weighted by Crippen LogP contribution is 2.45. The smallest absolute Gasteiger partial charge is 0.191 e. The molecule has 198 valence electrons. The van der Waals surface area contributed by atoms with Crippen molar-refractivity contribution in [2.24, 2.45) is 0 Å². The van der Waals surface area contributed by atoms with Gasteiger partial charge in [-0.2, -0.15) is 0 Å². The average molecular weight is 507 g/mol. The minimum atomic E-state index is -0.791.